The highest BCUT2D eigenvalue weighted by atomic mass is 16.5. The number of Topliss-reactive ketones (excluding diaryl/α,β-unsaturated/α-hetero) is 1. The zero-order chi connectivity index (χ0) is 27.7. The highest BCUT2D eigenvalue weighted by Crippen LogP contribution is 2.33. The van der Waals surface area contributed by atoms with Crippen molar-refractivity contribution in [2.45, 2.75) is 31.7 Å². The monoisotopic (exact) mass is 522 g/mol. The molecule has 0 radical (unpaired) electrons. The number of rotatable bonds is 11. The summed E-state index contributed by atoms with van der Waals surface area (Å²) in [5.74, 6) is 2.33. The van der Waals surface area contributed by atoms with Crippen molar-refractivity contribution in [1.82, 2.24) is 10.2 Å². The maximum absolute atomic E-state index is 13.6. The first-order valence-corrected chi connectivity index (χ1v) is 12.6. The van der Waals surface area contributed by atoms with Crippen LogP contribution < -0.4 is 24.3 Å². The summed E-state index contributed by atoms with van der Waals surface area (Å²) in [6, 6.07) is 10.8. The van der Waals surface area contributed by atoms with Crippen LogP contribution in [0.1, 0.15) is 36.8 Å². The zero-order valence-corrected chi connectivity index (χ0v) is 23.1. The molecule has 3 rings (SSSR count). The van der Waals surface area contributed by atoms with Crippen LogP contribution in [-0.4, -0.2) is 71.7 Å². The fraction of sp³-hybridized carbons (Fsp3) is 0.400. The second-order valence-electron chi connectivity index (χ2n) is 9.48. The number of amides is 1. The second kappa shape index (κ2) is 13.7. The van der Waals surface area contributed by atoms with Crippen molar-refractivity contribution in [2.24, 2.45) is 0 Å². The average Bonchev–Trinajstić information content (AvgIpc) is 2.90. The minimum atomic E-state index is -0.197. The van der Waals surface area contributed by atoms with Gasteiger partial charge in [-0.2, -0.15) is 0 Å². The Morgan fingerprint density at radius 2 is 1.32 bits per heavy atom. The normalized spacial score (nSPS) is 17.6. The molecule has 1 aliphatic rings. The molecule has 0 atom stereocenters. The molecule has 1 aliphatic carbocycles. The molecule has 0 bridgehead atoms. The van der Waals surface area contributed by atoms with Crippen molar-refractivity contribution in [3.05, 3.63) is 58.7 Å². The van der Waals surface area contributed by atoms with Gasteiger partial charge in [0.05, 0.1) is 28.4 Å². The predicted molar refractivity (Wildman–Crippen MR) is 149 cm³/mol. The van der Waals surface area contributed by atoms with E-state index >= 15 is 0 Å². The van der Waals surface area contributed by atoms with Crippen molar-refractivity contribution in [3.8, 4) is 23.0 Å². The first-order valence-electron chi connectivity index (χ1n) is 12.6. The molecule has 0 aliphatic heterocycles. The van der Waals surface area contributed by atoms with Crippen LogP contribution in [-0.2, 0) is 9.59 Å². The summed E-state index contributed by atoms with van der Waals surface area (Å²) < 4.78 is 21.5. The molecule has 0 aromatic heterocycles. The first-order chi connectivity index (χ1) is 18.3. The van der Waals surface area contributed by atoms with Gasteiger partial charge < -0.3 is 29.2 Å². The van der Waals surface area contributed by atoms with Crippen molar-refractivity contribution < 1.29 is 28.5 Å². The minimum absolute atomic E-state index is 0.0119. The van der Waals surface area contributed by atoms with E-state index in [1.54, 1.807) is 28.4 Å². The standard InChI is InChI=1S/C30H38N2O6/c1-32(2)13-7-8-29(33)31-24-18-22(14-20-9-11-25(35-3)27(16-20)37-5)30(34)23(19-24)15-21-10-12-26(36-4)28(17-21)38-6/h9-12,14-17,24H,7-8,13,18-19H2,1-6H3,(H,31,33)/b22-14+,23-15+. The highest BCUT2D eigenvalue weighted by Gasteiger charge is 2.29. The van der Waals surface area contributed by atoms with Crippen molar-refractivity contribution in [1.29, 1.82) is 0 Å². The van der Waals surface area contributed by atoms with Crippen LogP contribution in [0.2, 0.25) is 0 Å². The molecule has 8 nitrogen and oxygen atoms in total. The number of hydrogen-bond acceptors (Lipinski definition) is 7. The van der Waals surface area contributed by atoms with Crippen LogP contribution >= 0.6 is 0 Å². The molecular weight excluding hydrogens is 484 g/mol. The Morgan fingerprint density at radius 1 is 0.842 bits per heavy atom. The van der Waals surface area contributed by atoms with Gasteiger partial charge in [-0.1, -0.05) is 12.1 Å². The maximum atomic E-state index is 13.6. The van der Waals surface area contributed by atoms with Crippen LogP contribution in [0.25, 0.3) is 12.2 Å². The number of ketones is 1. The molecule has 0 unspecified atom stereocenters. The van der Waals surface area contributed by atoms with Crippen LogP contribution in [0.5, 0.6) is 23.0 Å². The van der Waals surface area contributed by atoms with Gasteiger partial charge in [0, 0.05) is 23.6 Å². The smallest absolute Gasteiger partial charge is 0.220 e. The lowest BCUT2D eigenvalue weighted by atomic mass is 9.83. The SMILES string of the molecule is COc1ccc(/C=C2\CC(NC(=O)CCCN(C)C)C/C(=C\c3ccc(OC)c(OC)c3)C2=O)cc1OC. The highest BCUT2D eigenvalue weighted by molar-refractivity contribution is 6.14. The zero-order valence-electron chi connectivity index (χ0n) is 23.1. The quantitative estimate of drug-likeness (QED) is 0.439. The van der Waals surface area contributed by atoms with E-state index in [4.69, 9.17) is 18.9 Å². The van der Waals surface area contributed by atoms with Gasteiger partial charge in [0.1, 0.15) is 0 Å². The summed E-state index contributed by atoms with van der Waals surface area (Å²) in [5, 5.41) is 3.15. The van der Waals surface area contributed by atoms with E-state index in [0.29, 0.717) is 53.4 Å². The summed E-state index contributed by atoms with van der Waals surface area (Å²) in [6.45, 7) is 0.839. The number of ether oxygens (including phenoxy) is 4. The number of benzene rings is 2. The number of hydrogen-bond donors (Lipinski definition) is 1. The molecule has 204 valence electrons. The number of carbonyl (C=O) groups excluding carboxylic acids is 2. The van der Waals surface area contributed by atoms with E-state index in [9.17, 15) is 9.59 Å². The number of nitrogens with zero attached hydrogens (tertiary/aromatic N) is 1. The summed E-state index contributed by atoms with van der Waals surface area (Å²) in [7, 11) is 10.3. The lowest BCUT2D eigenvalue weighted by Gasteiger charge is -2.27. The van der Waals surface area contributed by atoms with Gasteiger partial charge in [0.15, 0.2) is 28.8 Å². The lowest BCUT2D eigenvalue weighted by Crippen LogP contribution is -2.39. The van der Waals surface area contributed by atoms with Crippen LogP contribution in [0.15, 0.2) is 47.5 Å². The van der Waals surface area contributed by atoms with Gasteiger partial charge in [-0.3, -0.25) is 9.59 Å². The Morgan fingerprint density at radius 3 is 1.74 bits per heavy atom. The Hall–Kier alpha value is -3.78. The topological polar surface area (TPSA) is 86.3 Å². The van der Waals surface area contributed by atoms with E-state index in [1.165, 1.54) is 0 Å². The summed E-state index contributed by atoms with van der Waals surface area (Å²) in [4.78, 5) is 28.4. The Balaban J connectivity index is 1.93. The van der Waals surface area contributed by atoms with Crippen molar-refractivity contribution in [2.75, 3.05) is 49.1 Å². The third-order valence-electron chi connectivity index (χ3n) is 6.39. The van der Waals surface area contributed by atoms with Crippen LogP contribution in [0.3, 0.4) is 0 Å². The largest absolute Gasteiger partial charge is 0.493 e. The molecule has 1 fully saturated rings. The molecule has 0 spiro atoms. The molecule has 2 aromatic rings. The third-order valence-corrected chi connectivity index (χ3v) is 6.39. The van der Waals surface area contributed by atoms with Gasteiger partial charge in [-0.05, 0) is 87.4 Å². The molecule has 1 saturated carbocycles. The number of carbonyl (C=O) groups is 2. The third kappa shape index (κ3) is 7.61. The fourth-order valence-corrected chi connectivity index (χ4v) is 4.49. The predicted octanol–water partition coefficient (Wildman–Crippen LogP) is 4.38. The van der Waals surface area contributed by atoms with Gasteiger partial charge in [-0.25, -0.2) is 0 Å². The lowest BCUT2D eigenvalue weighted by molar-refractivity contribution is -0.122. The van der Waals surface area contributed by atoms with E-state index < -0.39 is 0 Å². The Bertz CT molecular complexity index is 1120. The van der Waals surface area contributed by atoms with Crippen molar-refractivity contribution in [3.63, 3.8) is 0 Å². The van der Waals surface area contributed by atoms with E-state index in [1.807, 2.05) is 62.6 Å². The second-order valence-corrected chi connectivity index (χ2v) is 9.48. The molecule has 38 heavy (non-hydrogen) atoms. The van der Waals surface area contributed by atoms with E-state index in [-0.39, 0.29) is 17.7 Å². The van der Waals surface area contributed by atoms with Gasteiger partial charge >= 0.3 is 0 Å². The maximum Gasteiger partial charge on any atom is 0.220 e. The molecule has 1 N–H and O–H groups in total. The summed E-state index contributed by atoms with van der Waals surface area (Å²) >= 11 is 0. The van der Waals surface area contributed by atoms with E-state index in [2.05, 4.69) is 10.2 Å². The summed E-state index contributed by atoms with van der Waals surface area (Å²) in [5.41, 5.74) is 2.87. The molecule has 8 heteroatoms. The Kier molecular flexibility index (Phi) is 10.4. The first kappa shape index (κ1) is 28.8. The number of methoxy groups -OCH3 is 4. The van der Waals surface area contributed by atoms with Crippen LogP contribution in [0.4, 0.5) is 0 Å². The van der Waals surface area contributed by atoms with Gasteiger partial charge in [0.2, 0.25) is 5.91 Å². The van der Waals surface area contributed by atoms with Gasteiger partial charge in [0.25, 0.3) is 0 Å². The fourth-order valence-electron chi connectivity index (χ4n) is 4.49. The van der Waals surface area contributed by atoms with Gasteiger partial charge in [-0.15, -0.1) is 0 Å². The molecular formula is C30H38N2O6. The van der Waals surface area contributed by atoms with Crippen LogP contribution in [0, 0.1) is 0 Å². The summed E-state index contributed by atoms with van der Waals surface area (Å²) in [6.07, 6.45) is 5.80. The van der Waals surface area contributed by atoms with Crippen molar-refractivity contribution >= 4 is 23.8 Å². The minimum Gasteiger partial charge on any atom is -0.493 e. The molecule has 0 heterocycles. The molecule has 0 saturated heterocycles. The van der Waals surface area contributed by atoms with E-state index in [0.717, 1.165) is 24.1 Å². The average molecular weight is 523 g/mol. The number of nitrogens with one attached hydrogen (secondary N) is 1. The Labute approximate surface area is 225 Å². The molecule has 1 amide bonds. The molecule has 2 aromatic carbocycles.